The summed E-state index contributed by atoms with van der Waals surface area (Å²) in [4.78, 5) is 11.0. The summed E-state index contributed by atoms with van der Waals surface area (Å²) in [6.45, 7) is 8.66. The third-order valence-corrected chi connectivity index (χ3v) is 2.97. The molecule has 0 bridgehead atoms. The minimum Gasteiger partial charge on any atom is -0.341 e. The minimum atomic E-state index is -1.28. The van der Waals surface area contributed by atoms with Gasteiger partial charge >= 0.3 is 0 Å². The maximum Gasteiger partial charge on any atom is 0.227 e. The molecule has 1 heterocycles. The highest BCUT2D eigenvalue weighted by Crippen LogP contribution is 2.17. The maximum atomic E-state index is 11.0. The summed E-state index contributed by atoms with van der Waals surface area (Å²) in [6.07, 6.45) is 0.900. The first-order valence-corrected chi connectivity index (χ1v) is 8.27. The summed E-state index contributed by atoms with van der Waals surface area (Å²) >= 11 is 0. The number of hydrogen-bond acceptors (Lipinski definition) is 1. The lowest BCUT2D eigenvalue weighted by molar-refractivity contribution is -0.133. The van der Waals surface area contributed by atoms with Crippen LogP contribution in [0.2, 0.25) is 19.6 Å². The molecule has 0 aromatic carbocycles. The Labute approximate surface area is 81.1 Å². The predicted molar refractivity (Wildman–Crippen MR) is 56.8 cm³/mol. The second-order valence-corrected chi connectivity index (χ2v) is 9.27. The molecule has 0 unspecified atom stereocenters. The number of carbonyl (C=O) groups excluding carboxylic acids is 1. The molecule has 3 heteroatoms. The van der Waals surface area contributed by atoms with Gasteiger partial charge in [0, 0.05) is 0 Å². The topological polar surface area (TPSA) is 29.1 Å². The summed E-state index contributed by atoms with van der Waals surface area (Å²) in [6, 6.07) is 0.129. The molecule has 0 aliphatic carbocycles. The van der Waals surface area contributed by atoms with Gasteiger partial charge < -0.3 is 5.32 Å². The fourth-order valence-corrected chi connectivity index (χ4v) is 1.86. The van der Waals surface area contributed by atoms with Crippen molar-refractivity contribution in [3.05, 3.63) is 0 Å². The van der Waals surface area contributed by atoms with Gasteiger partial charge in [0.1, 0.15) is 14.1 Å². The number of rotatable bonds is 1. The largest absolute Gasteiger partial charge is 0.341 e. The van der Waals surface area contributed by atoms with Gasteiger partial charge in [-0.15, -0.1) is 5.54 Å². The van der Waals surface area contributed by atoms with Crippen LogP contribution in [0, 0.1) is 17.4 Å². The maximum absolute atomic E-state index is 11.0. The van der Waals surface area contributed by atoms with Crippen molar-refractivity contribution in [3.8, 4) is 11.5 Å². The van der Waals surface area contributed by atoms with E-state index in [1.165, 1.54) is 0 Å². The molecule has 0 radical (unpaired) electrons. The van der Waals surface area contributed by atoms with E-state index in [9.17, 15) is 4.79 Å². The van der Waals surface area contributed by atoms with Crippen molar-refractivity contribution in [2.24, 2.45) is 5.92 Å². The van der Waals surface area contributed by atoms with Crippen LogP contribution in [-0.2, 0) is 4.79 Å². The number of β-lactam (4-membered cyclic amide) rings is 1. The Morgan fingerprint density at radius 1 is 1.46 bits per heavy atom. The first-order chi connectivity index (χ1) is 5.94. The molecule has 2 nitrogen and oxygen atoms in total. The smallest absolute Gasteiger partial charge is 0.227 e. The Morgan fingerprint density at radius 2 is 2.08 bits per heavy atom. The van der Waals surface area contributed by atoms with Crippen LogP contribution in [0.4, 0.5) is 0 Å². The van der Waals surface area contributed by atoms with E-state index < -0.39 is 8.07 Å². The average Bonchev–Trinajstić information content (AvgIpc) is 1.96. The van der Waals surface area contributed by atoms with E-state index >= 15 is 0 Å². The van der Waals surface area contributed by atoms with Crippen LogP contribution in [0.25, 0.3) is 0 Å². The highest BCUT2D eigenvalue weighted by atomic mass is 28.3. The molecule has 1 fully saturated rings. The number of carbonyl (C=O) groups is 1. The minimum absolute atomic E-state index is 0.129. The van der Waals surface area contributed by atoms with E-state index in [2.05, 4.69) is 36.4 Å². The quantitative estimate of drug-likeness (QED) is 0.382. The Hall–Kier alpha value is -0.753. The number of amides is 1. The Balaban J connectivity index is 2.56. The summed E-state index contributed by atoms with van der Waals surface area (Å²) in [7, 11) is -1.28. The molecule has 72 valence electrons. The normalized spacial score (nSPS) is 26.9. The summed E-state index contributed by atoms with van der Waals surface area (Å²) in [5.74, 6) is 3.48. The standard InChI is InChI=1S/C10H17NOSi/c1-5-8-9(11-10(8)12)6-7-13(2,3)4/h8-9H,5H2,1-4H3,(H,11,12)/t8-,9+/m1/s1. The summed E-state index contributed by atoms with van der Waals surface area (Å²) < 4.78 is 0. The van der Waals surface area contributed by atoms with Gasteiger partial charge in [-0.1, -0.05) is 32.5 Å². The van der Waals surface area contributed by atoms with Crippen molar-refractivity contribution >= 4 is 14.0 Å². The van der Waals surface area contributed by atoms with Crippen molar-refractivity contribution < 1.29 is 4.79 Å². The van der Waals surface area contributed by atoms with Crippen LogP contribution in [0.1, 0.15) is 13.3 Å². The molecule has 13 heavy (non-hydrogen) atoms. The monoisotopic (exact) mass is 195 g/mol. The van der Waals surface area contributed by atoms with Crippen LogP contribution in [0.3, 0.4) is 0 Å². The van der Waals surface area contributed by atoms with E-state index in [1.807, 2.05) is 6.92 Å². The molecular weight excluding hydrogens is 178 g/mol. The van der Waals surface area contributed by atoms with Crippen LogP contribution in [0.5, 0.6) is 0 Å². The van der Waals surface area contributed by atoms with Crippen molar-refractivity contribution in [2.45, 2.75) is 39.0 Å². The third kappa shape index (κ3) is 2.60. The van der Waals surface area contributed by atoms with Crippen molar-refractivity contribution in [1.82, 2.24) is 5.32 Å². The van der Waals surface area contributed by atoms with Gasteiger partial charge in [0.2, 0.25) is 5.91 Å². The van der Waals surface area contributed by atoms with Gasteiger partial charge in [0.05, 0.1) is 5.92 Å². The van der Waals surface area contributed by atoms with Gasteiger partial charge in [-0.2, -0.15) is 0 Å². The summed E-state index contributed by atoms with van der Waals surface area (Å²) in [5, 5.41) is 2.83. The molecule has 1 rings (SSSR count). The van der Waals surface area contributed by atoms with Gasteiger partial charge in [-0.05, 0) is 6.42 Å². The van der Waals surface area contributed by atoms with E-state index in [1.54, 1.807) is 0 Å². The molecule has 0 aromatic rings. The number of nitrogens with one attached hydrogen (secondary N) is 1. The zero-order chi connectivity index (χ0) is 10.1. The highest BCUT2D eigenvalue weighted by Gasteiger charge is 2.36. The highest BCUT2D eigenvalue weighted by molar-refractivity contribution is 6.83. The molecule has 1 amide bonds. The lowest BCUT2D eigenvalue weighted by Crippen LogP contribution is -2.57. The lowest BCUT2D eigenvalue weighted by atomic mass is 9.89. The van der Waals surface area contributed by atoms with Crippen LogP contribution in [0.15, 0.2) is 0 Å². The molecule has 1 aliphatic heterocycles. The Morgan fingerprint density at radius 3 is 2.46 bits per heavy atom. The summed E-state index contributed by atoms with van der Waals surface area (Å²) in [5.41, 5.74) is 3.28. The van der Waals surface area contributed by atoms with Crippen LogP contribution in [-0.4, -0.2) is 20.0 Å². The SMILES string of the molecule is CC[C@H]1C(=O)N[C@H]1C#C[Si](C)(C)C. The molecule has 1 aliphatic rings. The van der Waals surface area contributed by atoms with Gasteiger partial charge in [0.25, 0.3) is 0 Å². The predicted octanol–water partition coefficient (Wildman–Crippen LogP) is 1.39. The first-order valence-electron chi connectivity index (χ1n) is 4.77. The van der Waals surface area contributed by atoms with E-state index in [0.717, 1.165) is 6.42 Å². The van der Waals surface area contributed by atoms with E-state index in [-0.39, 0.29) is 17.9 Å². The van der Waals surface area contributed by atoms with Crippen molar-refractivity contribution in [1.29, 1.82) is 0 Å². The van der Waals surface area contributed by atoms with Gasteiger partial charge in [-0.3, -0.25) is 4.79 Å². The zero-order valence-electron chi connectivity index (χ0n) is 8.77. The molecular formula is C10H17NOSi. The van der Waals surface area contributed by atoms with Gasteiger partial charge in [0.15, 0.2) is 0 Å². The fraction of sp³-hybridized carbons (Fsp3) is 0.700. The lowest BCUT2D eigenvalue weighted by Gasteiger charge is -2.32. The molecule has 0 saturated carbocycles. The molecule has 0 spiro atoms. The van der Waals surface area contributed by atoms with Crippen LogP contribution >= 0.6 is 0 Å². The molecule has 1 N–H and O–H groups in total. The molecule has 2 atom stereocenters. The third-order valence-electron chi connectivity index (χ3n) is 2.08. The average molecular weight is 195 g/mol. The van der Waals surface area contributed by atoms with Crippen molar-refractivity contribution in [3.63, 3.8) is 0 Å². The van der Waals surface area contributed by atoms with Crippen molar-refractivity contribution in [2.75, 3.05) is 0 Å². The second kappa shape index (κ2) is 3.55. The van der Waals surface area contributed by atoms with Crippen LogP contribution < -0.4 is 5.32 Å². The Bertz CT molecular complexity index is 269. The molecule has 1 saturated heterocycles. The van der Waals surface area contributed by atoms with E-state index in [4.69, 9.17) is 0 Å². The second-order valence-electron chi connectivity index (χ2n) is 4.52. The zero-order valence-corrected chi connectivity index (χ0v) is 9.77. The Kier molecular flexibility index (Phi) is 2.82. The number of hydrogen-bond donors (Lipinski definition) is 1. The fourth-order valence-electron chi connectivity index (χ4n) is 1.27. The van der Waals surface area contributed by atoms with Gasteiger partial charge in [-0.25, -0.2) is 0 Å². The molecule has 0 aromatic heterocycles. The van der Waals surface area contributed by atoms with E-state index in [0.29, 0.717) is 0 Å². The first kappa shape index (κ1) is 10.3.